The van der Waals surface area contributed by atoms with Crippen LogP contribution in [-0.2, 0) is 4.79 Å². The summed E-state index contributed by atoms with van der Waals surface area (Å²) in [6.07, 6.45) is -3.35. The van der Waals surface area contributed by atoms with Gasteiger partial charge in [-0.1, -0.05) is 69.3 Å². The van der Waals surface area contributed by atoms with E-state index in [4.69, 9.17) is 9.16 Å². The lowest BCUT2D eigenvalue weighted by Gasteiger charge is -2.37. The number of rotatable bonds is 9. The predicted molar refractivity (Wildman–Crippen MR) is 161 cm³/mol. The average Bonchev–Trinajstić information content (AvgIpc) is 2.87. The molecule has 8 heteroatoms. The molecular weight excluding hydrogens is 522 g/mol. The van der Waals surface area contributed by atoms with Crippen LogP contribution in [0.4, 0.5) is 0 Å². The van der Waals surface area contributed by atoms with E-state index in [-0.39, 0.29) is 34.3 Å². The van der Waals surface area contributed by atoms with Gasteiger partial charge in [-0.15, -0.1) is 0 Å². The Hall–Kier alpha value is -3.20. The van der Waals surface area contributed by atoms with Crippen LogP contribution in [-0.4, -0.2) is 53.5 Å². The molecule has 0 bridgehead atoms. The number of fused-ring (bicyclic) bond motifs is 1. The van der Waals surface area contributed by atoms with E-state index in [1.54, 1.807) is 47.4 Å². The molecule has 0 radical (unpaired) electrons. The van der Waals surface area contributed by atoms with Crippen LogP contribution in [0.15, 0.2) is 60.7 Å². The first-order chi connectivity index (χ1) is 18.6. The maximum atomic E-state index is 14.3. The van der Waals surface area contributed by atoms with Crippen LogP contribution >= 0.6 is 0 Å². The Morgan fingerprint density at radius 3 is 1.98 bits per heavy atom. The Morgan fingerprint density at radius 1 is 0.825 bits per heavy atom. The summed E-state index contributed by atoms with van der Waals surface area (Å²) >= 11 is 0. The van der Waals surface area contributed by atoms with Gasteiger partial charge in [-0.05, 0) is 68.9 Å². The van der Waals surface area contributed by atoms with Crippen molar-refractivity contribution in [2.24, 2.45) is 0 Å². The third-order valence-corrected chi connectivity index (χ3v) is 11.9. The minimum absolute atomic E-state index is 0.000562. The number of aliphatic hydroxyl groups is 2. The van der Waals surface area contributed by atoms with Crippen molar-refractivity contribution >= 4 is 31.0 Å². The molecule has 3 aromatic carbocycles. The number of nitrogens with zero attached hydrogens (tertiary/aromatic N) is 1. The first-order valence-electron chi connectivity index (χ1n) is 13.8. The highest BCUT2D eigenvalue weighted by atomic mass is 28.4. The lowest BCUT2D eigenvalue weighted by Crippen LogP contribution is -2.44. The largest absolute Gasteiger partial charge is 0.543 e. The van der Waals surface area contributed by atoms with E-state index in [2.05, 4.69) is 33.9 Å². The zero-order chi connectivity index (χ0) is 30.0. The summed E-state index contributed by atoms with van der Waals surface area (Å²) in [5.41, 5.74) is 0.557. The standard InChI is InChI=1S/C32H43NO6Si/c1-20(2)33(21(3)4)30(36)27-24(38-31(37)29(35)28(34)23-14-11-10-12-15-23)19-18-22-16-13-17-25(26(22)27)39-40(8,9)32(5,6)7/h10-21,28-29,34-35H,1-9H3. The number of carbonyl (C=O) groups excluding carboxylic acids is 2. The highest BCUT2D eigenvalue weighted by Crippen LogP contribution is 2.42. The molecule has 2 unspecified atom stereocenters. The SMILES string of the molecule is CC(C)N(C(=O)c1c(OC(=O)C(O)C(O)c2ccccc2)ccc2cccc(O[Si](C)(C)C(C)(C)C)c12)C(C)C. The van der Waals surface area contributed by atoms with E-state index >= 15 is 0 Å². The van der Waals surface area contributed by atoms with Gasteiger partial charge in [0.2, 0.25) is 0 Å². The molecule has 1 amide bonds. The maximum absolute atomic E-state index is 14.3. The molecule has 3 rings (SSSR count). The Morgan fingerprint density at radius 2 is 1.43 bits per heavy atom. The van der Waals surface area contributed by atoms with Crippen molar-refractivity contribution in [2.75, 3.05) is 0 Å². The second kappa shape index (κ2) is 12.1. The van der Waals surface area contributed by atoms with E-state index in [0.717, 1.165) is 5.39 Å². The minimum atomic E-state index is -2.32. The summed E-state index contributed by atoms with van der Waals surface area (Å²) in [4.78, 5) is 29.1. The molecule has 0 heterocycles. The maximum Gasteiger partial charge on any atom is 0.343 e. The van der Waals surface area contributed by atoms with Crippen LogP contribution in [0.3, 0.4) is 0 Å². The third kappa shape index (κ3) is 6.57. The first-order valence-corrected chi connectivity index (χ1v) is 16.7. The number of benzene rings is 3. The third-order valence-electron chi connectivity index (χ3n) is 7.59. The first kappa shape index (κ1) is 31.3. The fraction of sp³-hybridized carbons (Fsp3) is 0.438. The molecule has 0 aliphatic rings. The predicted octanol–water partition coefficient (Wildman–Crippen LogP) is 6.48. The van der Waals surface area contributed by atoms with Gasteiger partial charge in [0.25, 0.3) is 14.2 Å². The van der Waals surface area contributed by atoms with E-state index < -0.39 is 26.5 Å². The number of ether oxygens (including phenoxy) is 1. The number of hydrogen-bond donors (Lipinski definition) is 2. The van der Waals surface area contributed by atoms with E-state index in [9.17, 15) is 19.8 Å². The van der Waals surface area contributed by atoms with Crippen LogP contribution in [0.1, 0.15) is 70.5 Å². The molecule has 0 saturated heterocycles. The summed E-state index contributed by atoms with van der Waals surface area (Å²) in [6, 6.07) is 17.1. The van der Waals surface area contributed by atoms with Gasteiger partial charge in [0.1, 0.15) is 17.6 Å². The highest BCUT2D eigenvalue weighted by molar-refractivity contribution is 6.74. The summed E-state index contributed by atoms with van der Waals surface area (Å²) in [5, 5.41) is 22.5. The van der Waals surface area contributed by atoms with Crippen molar-refractivity contribution in [1.82, 2.24) is 4.90 Å². The highest BCUT2D eigenvalue weighted by Gasteiger charge is 2.40. The molecule has 216 valence electrons. The lowest BCUT2D eigenvalue weighted by molar-refractivity contribution is -0.150. The second-order valence-corrected chi connectivity index (χ2v) is 17.0. The number of amides is 1. The van der Waals surface area contributed by atoms with Gasteiger partial charge in [0.15, 0.2) is 6.10 Å². The average molecular weight is 566 g/mol. The molecule has 0 spiro atoms. The van der Waals surface area contributed by atoms with E-state index in [1.165, 1.54) is 0 Å². The Labute approximate surface area is 238 Å². The quantitative estimate of drug-likeness (QED) is 0.175. The van der Waals surface area contributed by atoms with Crippen LogP contribution in [0.5, 0.6) is 11.5 Å². The molecule has 0 fully saturated rings. The molecule has 0 aliphatic carbocycles. The zero-order valence-corrected chi connectivity index (χ0v) is 26.1. The zero-order valence-electron chi connectivity index (χ0n) is 25.1. The number of esters is 1. The van der Waals surface area contributed by atoms with Crippen molar-refractivity contribution in [3.05, 3.63) is 71.8 Å². The van der Waals surface area contributed by atoms with Gasteiger partial charge in [-0.2, -0.15) is 0 Å². The van der Waals surface area contributed by atoms with Gasteiger partial charge in [-0.25, -0.2) is 4.79 Å². The molecule has 40 heavy (non-hydrogen) atoms. The van der Waals surface area contributed by atoms with Crippen molar-refractivity contribution in [1.29, 1.82) is 0 Å². The van der Waals surface area contributed by atoms with Gasteiger partial charge in [0.05, 0.1) is 5.56 Å². The van der Waals surface area contributed by atoms with E-state index in [0.29, 0.717) is 16.7 Å². The van der Waals surface area contributed by atoms with Gasteiger partial charge in [0, 0.05) is 17.5 Å². The van der Waals surface area contributed by atoms with Crippen LogP contribution < -0.4 is 9.16 Å². The summed E-state index contributed by atoms with van der Waals surface area (Å²) in [6.45, 7) is 18.4. The molecule has 0 saturated carbocycles. The molecule has 2 N–H and O–H groups in total. The van der Waals surface area contributed by atoms with Crippen molar-refractivity contribution < 1.29 is 29.0 Å². The molecule has 7 nitrogen and oxygen atoms in total. The molecular formula is C32H43NO6Si. The monoisotopic (exact) mass is 565 g/mol. The summed E-state index contributed by atoms with van der Waals surface area (Å²) in [7, 11) is -2.32. The molecule has 0 aliphatic heterocycles. The van der Waals surface area contributed by atoms with Crippen LogP contribution in [0.2, 0.25) is 18.1 Å². The normalized spacial score (nSPS) is 13.8. The van der Waals surface area contributed by atoms with Crippen LogP contribution in [0.25, 0.3) is 10.8 Å². The minimum Gasteiger partial charge on any atom is -0.543 e. The van der Waals surface area contributed by atoms with Gasteiger partial charge < -0.3 is 24.3 Å². The smallest absolute Gasteiger partial charge is 0.343 e. The van der Waals surface area contributed by atoms with Gasteiger partial charge >= 0.3 is 5.97 Å². The summed E-state index contributed by atoms with van der Waals surface area (Å²) < 4.78 is 12.4. The fourth-order valence-corrected chi connectivity index (χ4v) is 5.49. The summed E-state index contributed by atoms with van der Waals surface area (Å²) in [5.74, 6) is -0.835. The molecule has 3 aromatic rings. The van der Waals surface area contributed by atoms with Crippen LogP contribution in [0, 0.1) is 0 Å². The lowest BCUT2D eigenvalue weighted by atomic mass is 10.00. The Balaban J connectivity index is 2.19. The topological polar surface area (TPSA) is 96.3 Å². The second-order valence-electron chi connectivity index (χ2n) is 12.3. The van der Waals surface area contributed by atoms with E-state index in [1.807, 2.05) is 45.9 Å². The molecule has 2 atom stereocenters. The Bertz CT molecular complexity index is 1340. The van der Waals surface area contributed by atoms with Crippen molar-refractivity contribution in [3.63, 3.8) is 0 Å². The van der Waals surface area contributed by atoms with Gasteiger partial charge in [-0.3, -0.25) is 4.79 Å². The number of carbonyl (C=O) groups is 2. The fourth-order valence-electron chi connectivity index (χ4n) is 4.46. The Kier molecular flexibility index (Phi) is 9.49. The molecule has 0 aromatic heterocycles. The van der Waals surface area contributed by atoms with Crippen molar-refractivity contribution in [3.8, 4) is 11.5 Å². The van der Waals surface area contributed by atoms with Crippen molar-refractivity contribution in [2.45, 2.75) is 90.9 Å². The number of hydrogen-bond acceptors (Lipinski definition) is 6. The number of aliphatic hydroxyl groups excluding tert-OH is 2.